The summed E-state index contributed by atoms with van der Waals surface area (Å²) < 4.78 is 0. The van der Waals surface area contributed by atoms with Gasteiger partial charge in [0, 0.05) is 15.8 Å². The van der Waals surface area contributed by atoms with E-state index in [-0.39, 0.29) is 11.3 Å². The molecule has 0 bridgehead atoms. The summed E-state index contributed by atoms with van der Waals surface area (Å²) in [5.41, 5.74) is 3.37. The molecule has 3 rings (SSSR count). The molecule has 0 spiro atoms. The SMILES string of the molecule is CC(C)(C)c1ccc(SCC(=O)Nc2nc(-c3ccccc3)cs2)cc1. The number of nitrogens with zero attached hydrogens (tertiary/aromatic N) is 1. The average Bonchev–Trinajstić information content (AvgIpc) is 3.09. The summed E-state index contributed by atoms with van der Waals surface area (Å²) in [7, 11) is 0. The second kappa shape index (κ2) is 8.06. The third kappa shape index (κ3) is 4.96. The Kier molecular flexibility index (Phi) is 5.79. The topological polar surface area (TPSA) is 42.0 Å². The Morgan fingerprint density at radius 3 is 2.42 bits per heavy atom. The van der Waals surface area contributed by atoms with E-state index in [9.17, 15) is 4.79 Å². The Morgan fingerprint density at radius 1 is 1.08 bits per heavy atom. The first kappa shape index (κ1) is 18.7. The van der Waals surface area contributed by atoms with Crippen LogP contribution in [0.4, 0.5) is 5.13 Å². The fourth-order valence-corrected chi connectivity index (χ4v) is 3.86. The molecule has 1 heterocycles. The van der Waals surface area contributed by atoms with Gasteiger partial charge >= 0.3 is 0 Å². The van der Waals surface area contributed by atoms with E-state index in [0.29, 0.717) is 10.9 Å². The van der Waals surface area contributed by atoms with Crippen LogP contribution in [-0.4, -0.2) is 16.6 Å². The summed E-state index contributed by atoms with van der Waals surface area (Å²) in [5.74, 6) is 0.332. The van der Waals surface area contributed by atoms with Crippen molar-refractivity contribution >= 4 is 34.1 Å². The summed E-state index contributed by atoms with van der Waals surface area (Å²) in [6, 6.07) is 18.4. The lowest BCUT2D eigenvalue weighted by Gasteiger charge is -2.19. The lowest BCUT2D eigenvalue weighted by atomic mass is 9.87. The number of thiazole rings is 1. The van der Waals surface area contributed by atoms with E-state index in [1.807, 2.05) is 35.7 Å². The zero-order valence-electron chi connectivity index (χ0n) is 15.2. The molecule has 3 nitrogen and oxygen atoms in total. The molecule has 134 valence electrons. The molecule has 0 aliphatic carbocycles. The highest BCUT2D eigenvalue weighted by Gasteiger charge is 2.13. The monoisotopic (exact) mass is 382 g/mol. The van der Waals surface area contributed by atoms with Gasteiger partial charge < -0.3 is 5.32 Å². The van der Waals surface area contributed by atoms with Crippen LogP contribution in [0.3, 0.4) is 0 Å². The minimum Gasteiger partial charge on any atom is -0.301 e. The maximum Gasteiger partial charge on any atom is 0.236 e. The van der Waals surface area contributed by atoms with Crippen LogP contribution in [-0.2, 0) is 10.2 Å². The van der Waals surface area contributed by atoms with Gasteiger partial charge in [-0.15, -0.1) is 23.1 Å². The Balaban J connectivity index is 1.54. The first-order chi connectivity index (χ1) is 12.4. The van der Waals surface area contributed by atoms with Crippen LogP contribution < -0.4 is 5.32 Å². The van der Waals surface area contributed by atoms with Crippen molar-refractivity contribution in [2.75, 3.05) is 11.1 Å². The van der Waals surface area contributed by atoms with E-state index >= 15 is 0 Å². The number of amides is 1. The van der Waals surface area contributed by atoms with Crippen molar-refractivity contribution in [3.05, 3.63) is 65.5 Å². The Hall–Kier alpha value is -2.11. The number of benzene rings is 2. The molecule has 1 aromatic heterocycles. The number of anilines is 1. The summed E-state index contributed by atoms with van der Waals surface area (Å²) in [6.07, 6.45) is 0. The van der Waals surface area contributed by atoms with Crippen molar-refractivity contribution < 1.29 is 4.79 Å². The van der Waals surface area contributed by atoms with Crippen molar-refractivity contribution in [2.24, 2.45) is 0 Å². The molecule has 26 heavy (non-hydrogen) atoms. The van der Waals surface area contributed by atoms with Gasteiger partial charge in [-0.2, -0.15) is 0 Å². The van der Waals surface area contributed by atoms with Gasteiger partial charge in [0.05, 0.1) is 11.4 Å². The zero-order valence-corrected chi connectivity index (χ0v) is 16.8. The molecular formula is C21H22N2OS2. The largest absolute Gasteiger partial charge is 0.301 e. The number of carbonyl (C=O) groups is 1. The second-order valence-corrected chi connectivity index (χ2v) is 8.92. The summed E-state index contributed by atoms with van der Waals surface area (Å²) in [4.78, 5) is 17.8. The molecule has 0 atom stereocenters. The minimum atomic E-state index is -0.0381. The van der Waals surface area contributed by atoms with E-state index in [1.165, 1.54) is 28.7 Å². The Bertz CT molecular complexity index is 865. The lowest BCUT2D eigenvalue weighted by Crippen LogP contribution is -2.14. The Morgan fingerprint density at radius 2 is 1.77 bits per heavy atom. The van der Waals surface area contributed by atoms with Crippen molar-refractivity contribution in [1.29, 1.82) is 0 Å². The van der Waals surface area contributed by atoms with Crippen LogP contribution in [0.2, 0.25) is 0 Å². The number of hydrogen-bond donors (Lipinski definition) is 1. The van der Waals surface area contributed by atoms with Gasteiger partial charge in [0.1, 0.15) is 0 Å². The third-order valence-corrected chi connectivity index (χ3v) is 5.68. The number of thioether (sulfide) groups is 1. The number of aromatic nitrogens is 1. The molecule has 0 unspecified atom stereocenters. The van der Waals surface area contributed by atoms with E-state index in [4.69, 9.17) is 0 Å². The van der Waals surface area contributed by atoms with Crippen molar-refractivity contribution in [3.8, 4) is 11.3 Å². The lowest BCUT2D eigenvalue weighted by molar-refractivity contribution is -0.113. The summed E-state index contributed by atoms with van der Waals surface area (Å²) in [5, 5.41) is 5.48. The van der Waals surface area contributed by atoms with Crippen molar-refractivity contribution in [1.82, 2.24) is 4.98 Å². The molecule has 0 aliphatic rings. The maximum atomic E-state index is 12.2. The number of hydrogen-bond acceptors (Lipinski definition) is 4. The fraction of sp³-hybridized carbons (Fsp3) is 0.238. The normalized spacial score (nSPS) is 11.3. The third-order valence-electron chi connectivity index (χ3n) is 3.91. The predicted molar refractivity (Wildman–Crippen MR) is 112 cm³/mol. The van der Waals surface area contributed by atoms with Gasteiger partial charge in [-0.25, -0.2) is 4.98 Å². The zero-order chi connectivity index (χ0) is 18.6. The molecule has 5 heteroatoms. The van der Waals surface area contributed by atoms with Gasteiger partial charge in [-0.3, -0.25) is 4.79 Å². The second-order valence-electron chi connectivity index (χ2n) is 7.02. The smallest absolute Gasteiger partial charge is 0.236 e. The van der Waals surface area contributed by atoms with Gasteiger partial charge in [-0.1, -0.05) is 63.2 Å². The Labute approximate surface area is 162 Å². The number of carbonyl (C=O) groups excluding carboxylic acids is 1. The predicted octanol–water partition coefficient (Wildman–Crippen LogP) is 5.84. The highest BCUT2D eigenvalue weighted by molar-refractivity contribution is 8.00. The van der Waals surface area contributed by atoms with Crippen LogP contribution in [0.15, 0.2) is 64.9 Å². The molecule has 0 radical (unpaired) electrons. The van der Waals surface area contributed by atoms with E-state index in [0.717, 1.165) is 16.2 Å². The minimum absolute atomic E-state index is 0.0381. The van der Waals surface area contributed by atoms with Gasteiger partial charge in [0.2, 0.25) is 5.91 Å². The van der Waals surface area contributed by atoms with Crippen LogP contribution in [0.25, 0.3) is 11.3 Å². The number of nitrogens with one attached hydrogen (secondary N) is 1. The standard InChI is InChI=1S/C21H22N2OS2/c1-21(2,3)16-9-11-17(12-10-16)25-14-19(24)23-20-22-18(13-26-20)15-7-5-4-6-8-15/h4-13H,14H2,1-3H3,(H,22,23,24). The number of rotatable bonds is 5. The van der Waals surface area contributed by atoms with E-state index in [1.54, 1.807) is 0 Å². The van der Waals surface area contributed by atoms with Gasteiger partial charge in [0.25, 0.3) is 0 Å². The van der Waals surface area contributed by atoms with Crippen LogP contribution in [0.1, 0.15) is 26.3 Å². The van der Waals surface area contributed by atoms with Crippen molar-refractivity contribution in [3.63, 3.8) is 0 Å². The quantitative estimate of drug-likeness (QED) is 0.564. The van der Waals surface area contributed by atoms with Crippen molar-refractivity contribution in [2.45, 2.75) is 31.1 Å². The molecule has 1 amide bonds. The highest BCUT2D eigenvalue weighted by atomic mass is 32.2. The first-order valence-corrected chi connectivity index (χ1v) is 10.3. The molecule has 0 fully saturated rings. The summed E-state index contributed by atoms with van der Waals surface area (Å²) in [6.45, 7) is 6.58. The van der Waals surface area contributed by atoms with Gasteiger partial charge in [-0.05, 0) is 23.1 Å². The molecule has 2 aromatic carbocycles. The van der Waals surface area contributed by atoms with Gasteiger partial charge in [0.15, 0.2) is 5.13 Å². The molecule has 0 saturated heterocycles. The molecule has 3 aromatic rings. The summed E-state index contributed by atoms with van der Waals surface area (Å²) >= 11 is 2.98. The molecule has 0 aliphatic heterocycles. The average molecular weight is 383 g/mol. The van der Waals surface area contributed by atoms with Crippen LogP contribution in [0.5, 0.6) is 0 Å². The maximum absolute atomic E-state index is 12.2. The molecule has 0 saturated carbocycles. The molecular weight excluding hydrogens is 360 g/mol. The van der Waals surface area contributed by atoms with Crippen LogP contribution in [0, 0.1) is 0 Å². The first-order valence-electron chi connectivity index (χ1n) is 8.46. The van der Waals surface area contributed by atoms with Crippen LogP contribution >= 0.6 is 23.1 Å². The van der Waals surface area contributed by atoms with E-state index in [2.05, 4.69) is 55.3 Å². The van der Waals surface area contributed by atoms with E-state index < -0.39 is 0 Å². The molecule has 1 N–H and O–H groups in total. The highest BCUT2D eigenvalue weighted by Crippen LogP contribution is 2.27. The fourth-order valence-electron chi connectivity index (χ4n) is 2.43.